The molecule has 8 aromatic carbocycles. The van der Waals surface area contributed by atoms with E-state index < -0.39 is 0 Å². The number of nitrogens with zero attached hydrogens (tertiary/aromatic N) is 4. The van der Waals surface area contributed by atoms with Gasteiger partial charge in [-0.1, -0.05) is 109 Å². The molecule has 0 bridgehead atoms. The molecule has 6 heterocycles. The minimum Gasteiger partial charge on any atom is -0.456 e. The molecule has 0 saturated carbocycles. The Kier molecular flexibility index (Phi) is 5.68. The van der Waals surface area contributed by atoms with E-state index >= 15 is 0 Å². The van der Waals surface area contributed by atoms with Crippen LogP contribution in [0.15, 0.2) is 179 Å². The van der Waals surface area contributed by atoms with Crippen LogP contribution >= 0.6 is 0 Å². The maximum atomic E-state index is 6.40. The van der Waals surface area contributed by atoms with Crippen molar-refractivity contribution < 1.29 is 8.83 Å². The van der Waals surface area contributed by atoms with Gasteiger partial charge in [0.15, 0.2) is 5.82 Å². The first kappa shape index (κ1) is 30.3. The molecule has 6 nitrogen and oxygen atoms in total. The van der Waals surface area contributed by atoms with Crippen LogP contribution in [0, 0.1) is 0 Å². The van der Waals surface area contributed by atoms with Crippen molar-refractivity contribution in [3.63, 3.8) is 0 Å². The number of para-hydroxylation sites is 5. The second-order valence-corrected chi connectivity index (χ2v) is 15.3. The van der Waals surface area contributed by atoms with Crippen LogP contribution in [0.25, 0.3) is 133 Å². The Morgan fingerprint density at radius 1 is 0.379 bits per heavy atom. The number of fused-ring (bicyclic) bond motifs is 17. The van der Waals surface area contributed by atoms with Crippen LogP contribution in [0.3, 0.4) is 0 Å². The molecule has 0 atom stereocenters. The lowest BCUT2D eigenvalue weighted by Gasteiger charge is -2.13. The van der Waals surface area contributed by atoms with E-state index in [0.29, 0.717) is 5.71 Å². The fourth-order valence-corrected chi connectivity index (χ4v) is 9.81. The van der Waals surface area contributed by atoms with Crippen molar-refractivity contribution in [2.45, 2.75) is 0 Å². The van der Waals surface area contributed by atoms with E-state index in [-0.39, 0.29) is 0 Å². The first-order valence-electron chi connectivity index (χ1n) is 19.6. The van der Waals surface area contributed by atoms with Gasteiger partial charge in [0.25, 0.3) is 0 Å². The fourth-order valence-electron chi connectivity index (χ4n) is 9.81. The van der Waals surface area contributed by atoms with Crippen LogP contribution in [-0.4, -0.2) is 19.1 Å². The summed E-state index contributed by atoms with van der Waals surface area (Å²) in [6.45, 7) is 0. The lowest BCUT2D eigenvalue weighted by atomic mass is 9.94. The van der Waals surface area contributed by atoms with Crippen LogP contribution < -0.4 is 0 Å². The minimum atomic E-state index is 0.504. The van der Waals surface area contributed by atoms with E-state index in [4.69, 9.17) is 18.8 Å². The molecule has 0 N–H and O–H groups in total. The Hall–Kier alpha value is -7.96. The predicted octanol–water partition coefficient (Wildman–Crippen LogP) is 13.8. The third kappa shape index (κ3) is 3.86. The molecule has 5 aromatic heterocycles. The molecule has 6 heteroatoms. The molecule has 0 aliphatic carbocycles. The SMILES string of the molecule is c1ccc2c(c1)-c1ccccc1-n1c3cc4c5ccccc5n(-c5nc6c(nc5-c5ccc7oc8ccccc8c7c5)oc5ccccc56)c4cc3c3cccc-2c31. The van der Waals surface area contributed by atoms with Crippen LogP contribution in [0.2, 0.25) is 0 Å². The maximum absolute atomic E-state index is 6.40. The molecule has 58 heavy (non-hydrogen) atoms. The van der Waals surface area contributed by atoms with Crippen molar-refractivity contribution >= 4 is 87.7 Å². The highest BCUT2D eigenvalue weighted by Gasteiger charge is 2.27. The quantitative estimate of drug-likeness (QED) is 0.177. The Labute approximate surface area is 329 Å². The Balaban J connectivity index is 1.13. The van der Waals surface area contributed by atoms with Crippen molar-refractivity contribution in [2.24, 2.45) is 0 Å². The van der Waals surface area contributed by atoms with Gasteiger partial charge in [-0.15, -0.1) is 0 Å². The van der Waals surface area contributed by atoms with Gasteiger partial charge in [0, 0.05) is 54.4 Å². The summed E-state index contributed by atoms with van der Waals surface area (Å²) in [7, 11) is 0. The molecular weight excluding hydrogens is 713 g/mol. The number of furan rings is 2. The van der Waals surface area contributed by atoms with Gasteiger partial charge < -0.3 is 13.4 Å². The van der Waals surface area contributed by atoms with Crippen LogP contribution in [0.1, 0.15) is 0 Å². The van der Waals surface area contributed by atoms with Crippen molar-refractivity contribution in [3.05, 3.63) is 170 Å². The van der Waals surface area contributed by atoms with Crippen molar-refractivity contribution in [1.82, 2.24) is 19.1 Å². The largest absolute Gasteiger partial charge is 0.456 e. The molecule has 0 unspecified atom stereocenters. The van der Waals surface area contributed by atoms with Crippen molar-refractivity contribution in [1.29, 1.82) is 0 Å². The highest BCUT2D eigenvalue weighted by Crippen LogP contribution is 2.48. The maximum Gasteiger partial charge on any atom is 0.247 e. The van der Waals surface area contributed by atoms with Crippen molar-refractivity contribution in [3.8, 4) is 45.0 Å². The summed E-state index contributed by atoms with van der Waals surface area (Å²) in [4.78, 5) is 10.9. The number of rotatable bonds is 2. The second-order valence-electron chi connectivity index (χ2n) is 15.3. The van der Waals surface area contributed by atoms with E-state index in [1.807, 2.05) is 36.4 Å². The van der Waals surface area contributed by atoms with Gasteiger partial charge in [-0.2, -0.15) is 0 Å². The molecule has 0 amide bonds. The Morgan fingerprint density at radius 2 is 1.00 bits per heavy atom. The predicted molar refractivity (Wildman–Crippen MR) is 235 cm³/mol. The van der Waals surface area contributed by atoms with E-state index in [2.05, 4.69) is 143 Å². The zero-order valence-electron chi connectivity index (χ0n) is 30.8. The normalized spacial score (nSPS) is 12.5. The highest BCUT2D eigenvalue weighted by molar-refractivity contribution is 6.22. The molecule has 0 radical (unpaired) electrons. The van der Waals surface area contributed by atoms with Gasteiger partial charge in [0.1, 0.15) is 28.0 Å². The minimum absolute atomic E-state index is 0.504. The smallest absolute Gasteiger partial charge is 0.247 e. The molecule has 1 aliphatic heterocycles. The Bertz CT molecular complexity index is 3930. The standard InChI is InChI=1S/C52H28N4O2/c1-2-13-31-30(12-1)32-14-3-7-20-41(32)55-43-27-38-33-15-4-8-21-42(33)56(44(38)28-39(43)36-19-11-18-35(31)50(36)55)51-48(54-52-49(53-51)37-17-6-10-23-46(37)58-52)29-24-25-47-40(26-29)34-16-5-9-22-45(34)57-47/h1-28H. The summed E-state index contributed by atoms with van der Waals surface area (Å²) in [6, 6.07) is 60.3. The number of aromatic nitrogens is 4. The number of benzene rings is 8. The highest BCUT2D eigenvalue weighted by atomic mass is 16.3. The summed E-state index contributed by atoms with van der Waals surface area (Å²) in [5, 5.41) is 7.69. The summed E-state index contributed by atoms with van der Waals surface area (Å²) in [6.07, 6.45) is 0. The van der Waals surface area contributed by atoms with Gasteiger partial charge in [0.2, 0.25) is 5.71 Å². The molecule has 0 saturated heterocycles. The summed E-state index contributed by atoms with van der Waals surface area (Å²) in [5.41, 5.74) is 15.9. The van der Waals surface area contributed by atoms with Crippen LogP contribution in [0.5, 0.6) is 0 Å². The first-order valence-corrected chi connectivity index (χ1v) is 19.6. The topological polar surface area (TPSA) is 61.9 Å². The fraction of sp³-hybridized carbons (Fsp3) is 0. The third-order valence-electron chi connectivity index (χ3n) is 12.3. The third-order valence-corrected chi connectivity index (χ3v) is 12.3. The lowest BCUT2D eigenvalue weighted by Crippen LogP contribution is -2.03. The zero-order chi connectivity index (χ0) is 37.6. The monoisotopic (exact) mass is 740 g/mol. The van der Waals surface area contributed by atoms with E-state index in [9.17, 15) is 0 Å². The molecule has 13 aromatic rings. The summed E-state index contributed by atoms with van der Waals surface area (Å²) < 4.78 is 17.5. The van der Waals surface area contributed by atoms with Crippen LogP contribution in [-0.2, 0) is 0 Å². The van der Waals surface area contributed by atoms with E-state index in [1.165, 1.54) is 44.2 Å². The summed E-state index contributed by atoms with van der Waals surface area (Å²) >= 11 is 0. The van der Waals surface area contributed by atoms with Crippen LogP contribution in [0.4, 0.5) is 0 Å². The van der Waals surface area contributed by atoms with Gasteiger partial charge in [-0.05, 0) is 71.8 Å². The first-order chi connectivity index (χ1) is 28.8. The average molecular weight is 741 g/mol. The molecule has 0 fully saturated rings. The van der Waals surface area contributed by atoms with Gasteiger partial charge >= 0.3 is 0 Å². The molecular formula is C52H28N4O2. The molecule has 268 valence electrons. The zero-order valence-corrected chi connectivity index (χ0v) is 30.8. The Morgan fingerprint density at radius 3 is 1.86 bits per heavy atom. The lowest BCUT2D eigenvalue weighted by molar-refractivity contribution is 0.653. The molecule has 0 spiro atoms. The number of hydrogen-bond donors (Lipinski definition) is 0. The second kappa shape index (κ2) is 10.9. The number of hydrogen-bond acceptors (Lipinski definition) is 4. The van der Waals surface area contributed by atoms with Gasteiger partial charge in [-0.25, -0.2) is 9.97 Å². The summed E-state index contributed by atoms with van der Waals surface area (Å²) in [5.74, 6) is 0.738. The molecule has 14 rings (SSSR count). The van der Waals surface area contributed by atoms with Gasteiger partial charge in [-0.3, -0.25) is 4.57 Å². The van der Waals surface area contributed by atoms with E-state index in [1.54, 1.807) is 0 Å². The van der Waals surface area contributed by atoms with Crippen molar-refractivity contribution in [2.75, 3.05) is 0 Å². The average Bonchev–Trinajstić information content (AvgIpc) is 4.00. The van der Waals surface area contributed by atoms with E-state index in [0.717, 1.165) is 82.8 Å². The molecule has 1 aliphatic rings. The van der Waals surface area contributed by atoms with Gasteiger partial charge in [0.05, 0.1) is 27.8 Å².